The maximum atomic E-state index is 12.3. The van der Waals surface area contributed by atoms with E-state index in [1.807, 2.05) is 44.2 Å². The molecule has 23 heavy (non-hydrogen) atoms. The molecule has 1 aromatic carbocycles. The number of hydrogen-bond donors (Lipinski definition) is 1. The van der Waals surface area contributed by atoms with Crippen LogP contribution in [-0.2, 0) is 9.53 Å². The van der Waals surface area contributed by atoms with Crippen molar-refractivity contribution in [3.8, 4) is 11.3 Å². The Bertz CT molecular complexity index is 664. The molecule has 2 rings (SSSR count). The van der Waals surface area contributed by atoms with Crippen molar-refractivity contribution < 1.29 is 18.8 Å². The molecule has 122 valence electrons. The SMILES string of the molecule is COC(=O)C(CC(C)C)NC(=O)c1cc(-c2ccccc2)on1. The van der Waals surface area contributed by atoms with Gasteiger partial charge in [0, 0.05) is 11.6 Å². The summed E-state index contributed by atoms with van der Waals surface area (Å²) in [4.78, 5) is 24.0. The van der Waals surface area contributed by atoms with Gasteiger partial charge < -0.3 is 14.6 Å². The molecule has 6 heteroatoms. The molecule has 1 unspecified atom stereocenters. The Morgan fingerprint density at radius 3 is 2.57 bits per heavy atom. The molecule has 1 atom stereocenters. The van der Waals surface area contributed by atoms with Crippen molar-refractivity contribution in [3.05, 3.63) is 42.1 Å². The number of ether oxygens (including phenoxy) is 1. The van der Waals surface area contributed by atoms with Gasteiger partial charge in [0.15, 0.2) is 11.5 Å². The molecule has 0 saturated carbocycles. The Balaban J connectivity index is 2.11. The molecule has 1 amide bonds. The number of carbonyl (C=O) groups excluding carboxylic acids is 2. The van der Waals surface area contributed by atoms with Crippen LogP contribution in [-0.4, -0.2) is 30.2 Å². The number of nitrogens with one attached hydrogen (secondary N) is 1. The summed E-state index contributed by atoms with van der Waals surface area (Å²) >= 11 is 0. The minimum atomic E-state index is -0.704. The van der Waals surface area contributed by atoms with Gasteiger partial charge in [0.25, 0.3) is 5.91 Å². The summed E-state index contributed by atoms with van der Waals surface area (Å²) < 4.78 is 9.92. The number of rotatable bonds is 6. The minimum absolute atomic E-state index is 0.126. The summed E-state index contributed by atoms with van der Waals surface area (Å²) in [6.45, 7) is 3.93. The van der Waals surface area contributed by atoms with Gasteiger partial charge in [-0.1, -0.05) is 49.3 Å². The summed E-state index contributed by atoms with van der Waals surface area (Å²) in [5, 5.41) is 6.41. The van der Waals surface area contributed by atoms with Crippen LogP contribution in [0.2, 0.25) is 0 Å². The number of esters is 1. The Morgan fingerprint density at radius 2 is 1.96 bits per heavy atom. The van der Waals surface area contributed by atoms with Crippen molar-refractivity contribution in [1.82, 2.24) is 10.5 Å². The fourth-order valence-electron chi connectivity index (χ4n) is 2.18. The highest BCUT2D eigenvalue weighted by Gasteiger charge is 2.24. The molecule has 0 fully saturated rings. The molecule has 0 bridgehead atoms. The summed E-state index contributed by atoms with van der Waals surface area (Å²) in [5.74, 6) is -0.211. The predicted octanol–water partition coefficient (Wildman–Crippen LogP) is 2.66. The van der Waals surface area contributed by atoms with Crippen LogP contribution in [0.15, 0.2) is 40.9 Å². The van der Waals surface area contributed by atoms with E-state index >= 15 is 0 Å². The van der Waals surface area contributed by atoms with E-state index < -0.39 is 17.9 Å². The molecule has 1 heterocycles. The van der Waals surface area contributed by atoms with Crippen molar-refractivity contribution in [2.75, 3.05) is 7.11 Å². The standard InChI is InChI=1S/C17H20N2O4/c1-11(2)9-14(17(21)22-3)18-16(20)13-10-15(23-19-13)12-7-5-4-6-8-12/h4-8,10-11,14H,9H2,1-3H3,(H,18,20). The van der Waals surface area contributed by atoms with Gasteiger partial charge in [0.2, 0.25) is 0 Å². The summed E-state index contributed by atoms with van der Waals surface area (Å²) in [7, 11) is 1.30. The third-order valence-electron chi connectivity index (χ3n) is 3.30. The van der Waals surface area contributed by atoms with Crippen molar-refractivity contribution in [3.63, 3.8) is 0 Å². The summed E-state index contributed by atoms with van der Waals surface area (Å²) in [6.07, 6.45) is 0.488. The lowest BCUT2D eigenvalue weighted by Gasteiger charge is -2.17. The van der Waals surface area contributed by atoms with Crippen LogP contribution in [0.1, 0.15) is 30.8 Å². The quantitative estimate of drug-likeness (QED) is 0.829. The molecule has 0 radical (unpaired) electrons. The average molecular weight is 316 g/mol. The largest absolute Gasteiger partial charge is 0.467 e. The zero-order valence-corrected chi connectivity index (χ0v) is 13.4. The van der Waals surface area contributed by atoms with E-state index in [4.69, 9.17) is 9.26 Å². The predicted molar refractivity (Wildman–Crippen MR) is 84.7 cm³/mol. The highest BCUT2D eigenvalue weighted by Crippen LogP contribution is 2.19. The minimum Gasteiger partial charge on any atom is -0.467 e. The van der Waals surface area contributed by atoms with Crippen LogP contribution in [0.4, 0.5) is 0 Å². The fourth-order valence-corrected chi connectivity index (χ4v) is 2.18. The van der Waals surface area contributed by atoms with Gasteiger partial charge in [-0.25, -0.2) is 4.79 Å². The molecule has 0 aliphatic rings. The first kappa shape index (κ1) is 16.7. The van der Waals surface area contributed by atoms with Gasteiger partial charge in [-0.15, -0.1) is 0 Å². The number of aromatic nitrogens is 1. The molecular formula is C17H20N2O4. The van der Waals surface area contributed by atoms with Gasteiger partial charge in [-0.2, -0.15) is 0 Å². The normalized spacial score (nSPS) is 12.0. The number of nitrogens with zero attached hydrogens (tertiary/aromatic N) is 1. The smallest absolute Gasteiger partial charge is 0.328 e. The van der Waals surface area contributed by atoms with Gasteiger partial charge in [-0.3, -0.25) is 4.79 Å². The van der Waals surface area contributed by atoms with Crippen LogP contribution >= 0.6 is 0 Å². The maximum Gasteiger partial charge on any atom is 0.328 e. The van der Waals surface area contributed by atoms with Gasteiger partial charge in [0.05, 0.1) is 7.11 Å². The Hall–Kier alpha value is -2.63. The molecular weight excluding hydrogens is 296 g/mol. The lowest BCUT2D eigenvalue weighted by molar-refractivity contribution is -0.143. The van der Waals surface area contributed by atoms with Crippen molar-refractivity contribution in [2.24, 2.45) is 5.92 Å². The van der Waals surface area contributed by atoms with Crippen LogP contribution in [0, 0.1) is 5.92 Å². The molecule has 0 spiro atoms. The molecule has 1 N–H and O–H groups in total. The number of carbonyl (C=O) groups is 2. The first-order chi connectivity index (χ1) is 11.0. The van der Waals surface area contributed by atoms with E-state index in [1.165, 1.54) is 7.11 Å². The van der Waals surface area contributed by atoms with Crippen molar-refractivity contribution >= 4 is 11.9 Å². The lowest BCUT2D eigenvalue weighted by atomic mass is 10.0. The number of benzene rings is 1. The van der Waals surface area contributed by atoms with Gasteiger partial charge in [-0.05, 0) is 12.3 Å². The Labute approximate surface area is 134 Å². The highest BCUT2D eigenvalue weighted by atomic mass is 16.5. The fraction of sp³-hybridized carbons (Fsp3) is 0.353. The number of amides is 1. The molecule has 0 aliphatic carbocycles. The van der Waals surface area contributed by atoms with Gasteiger partial charge >= 0.3 is 5.97 Å². The van der Waals surface area contributed by atoms with Crippen LogP contribution in [0.3, 0.4) is 0 Å². The topological polar surface area (TPSA) is 81.4 Å². The first-order valence-electron chi connectivity index (χ1n) is 7.42. The molecule has 2 aromatic rings. The van der Waals surface area contributed by atoms with Crippen molar-refractivity contribution in [2.45, 2.75) is 26.3 Å². The zero-order chi connectivity index (χ0) is 16.8. The van der Waals surface area contributed by atoms with Gasteiger partial charge in [0.1, 0.15) is 6.04 Å². The van der Waals surface area contributed by atoms with Crippen LogP contribution in [0.5, 0.6) is 0 Å². The average Bonchev–Trinajstić information content (AvgIpc) is 3.04. The molecule has 0 aliphatic heterocycles. The second-order valence-electron chi connectivity index (χ2n) is 5.62. The van der Waals surface area contributed by atoms with E-state index in [1.54, 1.807) is 6.07 Å². The molecule has 1 aromatic heterocycles. The van der Waals surface area contributed by atoms with E-state index in [0.717, 1.165) is 5.56 Å². The Kier molecular flexibility index (Phi) is 5.51. The van der Waals surface area contributed by atoms with E-state index in [9.17, 15) is 9.59 Å². The third kappa shape index (κ3) is 4.42. The lowest BCUT2D eigenvalue weighted by Crippen LogP contribution is -2.42. The first-order valence-corrected chi connectivity index (χ1v) is 7.42. The molecule has 0 saturated heterocycles. The van der Waals surface area contributed by atoms with Crippen LogP contribution < -0.4 is 5.32 Å². The Morgan fingerprint density at radius 1 is 1.26 bits per heavy atom. The maximum absolute atomic E-state index is 12.3. The van der Waals surface area contributed by atoms with E-state index in [2.05, 4.69) is 10.5 Å². The van der Waals surface area contributed by atoms with E-state index in [-0.39, 0.29) is 11.6 Å². The second-order valence-corrected chi connectivity index (χ2v) is 5.62. The number of methoxy groups -OCH3 is 1. The highest BCUT2D eigenvalue weighted by molar-refractivity contribution is 5.95. The van der Waals surface area contributed by atoms with E-state index in [0.29, 0.717) is 12.2 Å². The monoisotopic (exact) mass is 316 g/mol. The zero-order valence-electron chi connectivity index (χ0n) is 13.4. The molecule has 6 nitrogen and oxygen atoms in total. The number of hydrogen-bond acceptors (Lipinski definition) is 5. The van der Waals surface area contributed by atoms with Crippen LogP contribution in [0.25, 0.3) is 11.3 Å². The second kappa shape index (κ2) is 7.58. The van der Waals surface area contributed by atoms with Crippen molar-refractivity contribution in [1.29, 1.82) is 0 Å². The third-order valence-corrected chi connectivity index (χ3v) is 3.30. The summed E-state index contributed by atoms with van der Waals surface area (Å²) in [5.41, 5.74) is 0.951. The summed E-state index contributed by atoms with van der Waals surface area (Å²) in [6, 6.07) is 10.2.